The van der Waals surface area contributed by atoms with Gasteiger partial charge in [-0.3, -0.25) is 4.98 Å². The Morgan fingerprint density at radius 1 is 1.24 bits per heavy atom. The molecule has 1 aliphatic carbocycles. The number of hydrogen-bond acceptors (Lipinski definition) is 3. The van der Waals surface area contributed by atoms with Crippen molar-refractivity contribution in [3.8, 4) is 0 Å². The molecule has 1 heterocycles. The summed E-state index contributed by atoms with van der Waals surface area (Å²) in [7, 11) is -3.50. The van der Waals surface area contributed by atoms with Crippen LogP contribution in [0.5, 0.6) is 0 Å². The summed E-state index contributed by atoms with van der Waals surface area (Å²) in [5, 5.41) is 0.664. The minimum Gasteiger partial charge on any atom is -0.256 e. The highest BCUT2D eigenvalue weighted by atomic mass is 79.9. The predicted octanol–water partition coefficient (Wildman–Crippen LogP) is 3.08. The third-order valence-electron chi connectivity index (χ3n) is 3.93. The average Bonchev–Trinajstić information content (AvgIpc) is 2.90. The van der Waals surface area contributed by atoms with E-state index < -0.39 is 10.0 Å². The lowest BCUT2D eigenvalue weighted by Gasteiger charge is -2.12. The Bertz CT molecular complexity index is 743. The largest absolute Gasteiger partial charge is 0.256 e. The number of nitrogens with zero attached hydrogens (tertiary/aromatic N) is 1. The molecule has 21 heavy (non-hydrogen) atoms. The smallest absolute Gasteiger partial charge is 0.241 e. The van der Waals surface area contributed by atoms with Crippen LogP contribution < -0.4 is 4.72 Å². The van der Waals surface area contributed by atoms with Crippen molar-refractivity contribution in [3.05, 3.63) is 36.5 Å². The number of benzene rings is 1. The molecule has 0 bridgehead atoms. The highest BCUT2D eigenvalue weighted by Gasteiger charge is 2.25. The zero-order chi connectivity index (χ0) is 14.9. The summed E-state index contributed by atoms with van der Waals surface area (Å²) in [6.07, 6.45) is 4.88. The minimum absolute atomic E-state index is 0.307. The van der Waals surface area contributed by atoms with Crippen LogP contribution in [0.4, 0.5) is 0 Å². The van der Waals surface area contributed by atoms with Gasteiger partial charge in [0.25, 0.3) is 0 Å². The predicted molar refractivity (Wildman–Crippen MR) is 87.0 cm³/mol. The summed E-state index contributed by atoms with van der Waals surface area (Å²) < 4.78 is 27.8. The van der Waals surface area contributed by atoms with E-state index in [1.54, 1.807) is 30.5 Å². The zero-order valence-electron chi connectivity index (χ0n) is 11.5. The standard InChI is InChI=1S/C15H17BrN2O2S/c16-12-7-6-11(9-12)10-18-21(19,20)15-5-1-4-14-13(15)3-2-8-17-14/h1-5,8,11-12,18H,6-7,9-10H2. The van der Waals surface area contributed by atoms with Gasteiger partial charge in [0.2, 0.25) is 10.0 Å². The summed E-state index contributed by atoms with van der Waals surface area (Å²) in [5.41, 5.74) is 0.696. The van der Waals surface area contributed by atoms with Crippen molar-refractivity contribution in [2.75, 3.05) is 6.54 Å². The van der Waals surface area contributed by atoms with E-state index in [1.165, 1.54) is 0 Å². The fourth-order valence-electron chi connectivity index (χ4n) is 2.81. The quantitative estimate of drug-likeness (QED) is 0.843. The maximum atomic E-state index is 12.5. The van der Waals surface area contributed by atoms with Gasteiger partial charge in [-0.25, -0.2) is 13.1 Å². The number of nitrogens with one attached hydrogen (secondary N) is 1. The van der Waals surface area contributed by atoms with Crippen LogP contribution in [0.2, 0.25) is 0 Å². The van der Waals surface area contributed by atoms with Gasteiger partial charge in [0, 0.05) is 23.0 Å². The molecule has 3 rings (SSSR count). The van der Waals surface area contributed by atoms with E-state index in [0.29, 0.717) is 33.1 Å². The molecule has 0 radical (unpaired) electrons. The number of fused-ring (bicyclic) bond motifs is 1. The molecule has 0 spiro atoms. The van der Waals surface area contributed by atoms with Crippen molar-refractivity contribution >= 4 is 36.9 Å². The molecule has 1 saturated carbocycles. The first-order valence-electron chi connectivity index (χ1n) is 7.04. The highest BCUT2D eigenvalue weighted by molar-refractivity contribution is 9.09. The molecule has 1 fully saturated rings. The van der Waals surface area contributed by atoms with Crippen LogP contribution >= 0.6 is 15.9 Å². The molecular formula is C15H17BrN2O2S. The highest BCUT2D eigenvalue weighted by Crippen LogP contribution is 2.30. The zero-order valence-corrected chi connectivity index (χ0v) is 13.9. The summed E-state index contributed by atoms with van der Waals surface area (Å²) >= 11 is 3.59. The summed E-state index contributed by atoms with van der Waals surface area (Å²) in [5.74, 6) is 0.414. The first kappa shape index (κ1) is 14.9. The number of aromatic nitrogens is 1. The Kier molecular flexibility index (Phi) is 4.28. The molecule has 1 aliphatic rings. The number of alkyl halides is 1. The van der Waals surface area contributed by atoms with Crippen LogP contribution in [-0.4, -0.2) is 24.8 Å². The van der Waals surface area contributed by atoms with Gasteiger partial charge in [0.15, 0.2) is 0 Å². The molecule has 4 nitrogen and oxygen atoms in total. The van der Waals surface area contributed by atoms with E-state index in [2.05, 4.69) is 25.6 Å². The van der Waals surface area contributed by atoms with Crippen molar-refractivity contribution in [1.29, 1.82) is 0 Å². The number of pyridine rings is 1. The van der Waals surface area contributed by atoms with Gasteiger partial charge in [-0.15, -0.1) is 0 Å². The van der Waals surface area contributed by atoms with Crippen LogP contribution in [0.25, 0.3) is 10.9 Å². The van der Waals surface area contributed by atoms with E-state index >= 15 is 0 Å². The van der Waals surface area contributed by atoms with E-state index in [9.17, 15) is 8.42 Å². The SMILES string of the molecule is O=S(=O)(NCC1CCC(Br)C1)c1cccc2ncccc12. The lowest BCUT2D eigenvalue weighted by atomic mass is 10.1. The second kappa shape index (κ2) is 6.02. The molecular weight excluding hydrogens is 352 g/mol. The van der Waals surface area contributed by atoms with Crippen molar-refractivity contribution in [2.45, 2.75) is 29.0 Å². The van der Waals surface area contributed by atoms with E-state index in [-0.39, 0.29) is 0 Å². The van der Waals surface area contributed by atoms with Gasteiger partial charge in [-0.05, 0) is 49.4 Å². The minimum atomic E-state index is -3.50. The Balaban J connectivity index is 1.83. The van der Waals surface area contributed by atoms with Gasteiger partial charge < -0.3 is 0 Å². The maximum absolute atomic E-state index is 12.5. The van der Waals surface area contributed by atoms with Gasteiger partial charge in [-0.1, -0.05) is 22.0 Å². The third-order valence-corrected chi connectivity index (χ3v) is 6.25. The molecule has 2 atom stereocenters. The van der Waals surface area contributed by atoms with Gasteiger partial charge in [0.05, 0.1) is 10.4 Å². The second-order valence-corrected chi connectivity index (χ2v) is 8.48. The topological polar surface area (TPSA) is 59.1 Å². The van der Waals surface area contributed by atoms with Gasteiger partial charge in [-0.2, -0.15) is 0 Å². The first-order valence-corrected chi connectivity index (χ1v) is 9.43. The Morgan fingerprint density at radius 2 is 2.10 bits per heavy atom. The molecule has 1 N–H and O–H groups in total. The monoisotopic (exact) mass is 368 g/mol. The molecule has 1 aromatic carbocycles. The van der Waals surface area contributed by atoms with Crippen molar-refractivity contribution in [3.63, 3.8) is 0 Å². The molecule has 0 amide bonds. The Morgan fingerprint density at radius 3 is 2.86 bits per heavy atom. The summed E-state index contributed by atoms with van der Waals surface area (Å²) in [4.78, 5) is 5.03. The van der Waals surface area contributed by atoms with E-state index in [1.807, 2.05) is 6.07 Å². The molecule has 2 aromatic rings. The van der Waals surface area contributed by atoms with E-state index in [4.69, 9.17) is 0 Å². The first-order chi connectivity index (χ1) is 10.1. The van der Waals surface area contributed by atoms with Crippen LogP contribution in [0, 0.1) is 5.92 Å². The van der Waals surface area contributed by atoms with Gasteiger partial charge in [0.1, 0.15) is 0 Å². The lowest BCUT2D eigenvalue weighted by Crippen LogP contribution is -2.28. The van der Waals surface area contributed by atoms with Gasteiger partial charge >= 0.3 is 0 Å². The number of sulfonamides is 1. The molecule has 0 aliphatic heterocycles. The Hall–Kier alpha value is -0.980. The average molecular weight is 369 g/mol. The van der Waals surface area contributed by atoms with Crippen LogP contribution in [0.15, 0.2) is 41.4 Å². The molecule has 1 aromatic heterocycles. The molecule has 2 unspecified atom stereocenters. The van der Waals surface area contributed by atoms with Crippen LogP contribution in [0.1, 0.15) is 19.3 Å². The van der Waals surface area contributed by atoms with Crippen molar-refractivity contribution in [1.82, 2.24) is 9.71 Å². The normalized spacial score (nSPS) is 22.7. The van der Waals surface area contributed by atoms with E-state index in [0.717, 1.165) is 19.3 Å². The molecule has 112 valence electrons. The maximum Gasteiger partial charge on any atom is 0.241 e. The molecule has 6 heteroatoms. The summed E-state index contributed by atoms with van der Waals surface area (Å²) in [6, 6.07) is 8.73. The fraction of sp³-hybridized carbons (Fsp3) is 0.400. The third kappa shape index (κ3) is 3.27. The van der Waals surface area contributed by atoms with Crippen molar-refractivity contribution in [2.24, 2.45) is 5.92 Å². The van der Waals surface area contributed by atoms with Crippen LogP contribution in [-0.2, 0) is 10.0 Å². The Labute approximate surface area is 133 Å². The number of rotatable bonds is 4. The van der Waals surface area contributed by atoms with Crippen molar-refractivity contribution < 1.29 is 8.42 Å². The fourth-order valence-corrected chi connectivity index (χ4v) is 4.94. The summed E-state index contributed by atoms with van der Waals surface area (Å²) in [6.45, 7) is 0.501. The molecule has 0 saturated heterocycles. The lowest BCUT2D eigenvalue weighted by molar-refractivity contribution is 0.521. The number of halogens is 1. The van der Waals surface area contributed by atoms with Crippen LogP contribution in [0.3, 0.4) is 0 Å². The number of hydrogen-bond donors (Lipinski definition) is 1. The second-order valence-electron chi connectivity index (χ2n) is 5.45.